The molecule has 44 valence electrons. The fraction of sp³-hybridized carbons (Fsp3) is 1.00. The maximum Gasteiger partial charge on any atom is 0.0621 e. The summed E-state index contributed by atoms with van der Waals surface area (Å²) in [4.78, 5) is 0. The molecule has 0 bridgehead atoms. The van der Waals surface area contributed by atoms with Gasteiger partial charge in [-0.15, -0.1) is 0 Å². The van der Waals surface area contributed by atoms with Crippen LogP contribution in [0.15, 0.2) is 0 Å². The first-order valence-corrected chi connectivity index (χ1v) is 4.57. The van der Waals surface area contributed by atoms with Crippen molar-refractivity contribution in [3.8, 4) is 0 Å². The minimum Gasteiger partial charge on any atom is -0.305 e. The Labute approximate surface area is 52.8 Å². The van der Waals surface area contributed by atoms with Crippen molar-refractivity contribution in [3.05, 3.63) is 0 Å². The predicted octanol–water partition coefficient (Wildman–Crippen LogP) is 2.34. The lowest BCUT2D eigenvalue weighted by Gasteiger charge is -1.91. The zero-order valence-corrected chi connectivity index (χ0v) is 6.27. The third-order valence-electron chi connectivity index (χ3n) is 0.332. The lowest BCUT2D eigenvalue weighted by Crippen LogP contribution is -1.71. The molecule has 0 aromatic heterocycles. The van der Waals surface area contributed by atoms with E-state index >= 15 is 0 Å². The van der Waals surface area contributed by atoms with Gasteiger partial charge >= 0.3 is 0 Å². The second-order valence-electron chi connectivity index (χ2n) is 0.881. The van der Waals surface area contributed by atoms with Crippen molar-refractivity contribution >= 4 is 21.9 Å². The Kier molecular flexibility index (Phi) is 7.29. The molecule has 0 unspecified atom stereocenters. The van der Waals surface area contributed by atoms with Crippen LogP contribution in [0, 0.1) is 0 Å². The van der Waals surface area contributed by atoms with E-state index < -0.39 is 0 Å². The molecule has 0 aromatic carbocycles. The quantitative estimate of drug-likeness (QED) is 0.335. The monoisotopic (exact) mass is 138 g/mol. The topological polar surface area (TPSA) is 9.23 Å². The molecule has 0 radical (unpaired) electrons. The fourth-order valence-electron chi connectivity index (χ4n) is 0.130. The normalized spacial score (nSPS) is 9.43. The van der Waals surface area contributed by atoms with Gasteiger partial charge in [0.15, 0.2) is 0 Å². The summed E-state index contributed by atoms with van der Waals surface area (Å²) in [7, 11) is 1.73. The Morgan fingerprint density at radius 3 is 2.57 bits per heavy atom. The molecule has 0 rings (SSSR count). The summed E-state index contributed by atoms with van der Waals surface area (Å²) in [5.74, 6) is 1.12. The standard InChI is InChI=1S/C4H10OS2/c1-3-5-7-6-4-2/h3-4H2,1-2H3. The first-order valence-electron chi connectivity index (χ1n) is 2.32. The van der Waals surface area contributed by atoms with Gasteiger partial charge in [-0.1, -0.05) is 17.7 Å². The first-order chi connectivity index (χ1) is 3.41. The van der Waals surface area contributed by atoms with Crippen LogP contribution in [0.3, 0.4) is 0 Å². The average Bonchev–Trinajstić information content (AvgIpc) is 1.69. The first kappa shape index (κ1) is 7.66. The zero-order chi connectivity index (χ0) is 5.54. The molecule has 0 N–H and O–H groups in total. The van der Waals surface area contributed by atoms with Gasteiger partial charge in [-0.05, 0) is 6.92 Å². The van der Waals surface area contributed by atoms with Crippen molar-refractivity contribution in [1.82, 2.24) is 0 Å². The minimum atomic E-state index is 0.803. The van der Waals surface area contributed by atoms with Gasteiger partial charge in [0.25, 0.3) is 0 Å². The van der Waals surface area contributed by atoms with E-state index in [0.29, 0.717) is 0 Å². The number of rotatable bonds is 4. The largest absolute Gasteiger partial charge is 0.305 e. The molecule has 7 heavy (non-hydrogen) atoms. The summed E-state index contributed by atoms with van der Waals surface area (Å²) in [5.41, 5.74) is 0. The third-order valence-corrected chi connectivity index (χ3v) is 2.28. The molecule has 0 saturated heterocycles. The van der Waals surface area contributed by atoms with Crippen LogP contribution in [-0.4, -0.2) is 12.4 Å². The van der Waals surface area contributed by atoms with E-state index in [9.17, 15) is 0 Å². The van der Waals surface area contributed by atoms with Crippen molar-refractivity contribution < 1.29 is 4.18 Å². The summed E-state index contributed by atoms with van der Waals surface area (Å²) in [6, 6.07) is 0. The smallest absolute Gasteiger partial charge is 0.0621 e. The summed E-state index contributed by atoms with van der Waals surface area (Å²) >= 11 is 1.47. The Morgan fingerprint density at radius 2 is 2.14 bits per heavy atom. The van der Waals surface area contributed by atoms with Crippen LogP contribution in [0.25, 0.3) is 0 Å². The lowest BCUT2D eigenvalue weighted by atomic mass is 10.9. The molecule has 0 heterocycles. The Morgan fingerprint density at radius 1 is 1.43 bits per heavy atom. The van der Waals surface area contributed by atoms with E-state index in [2.05, 4.69) is 6.92 Å². The molecule has 0 aromatic rings. The van der Waals surface area contributed by atoms with E-state index in [1.807, 2.05) is 6.92 Å². The molecule has 0 spiro atoms. The summed E-state index contributed by atoms with van der Waals surface area (Å²) in [5, 5.41) is 0. The highest BCUT2D eigenvalue weighted by Crippen LogP contribution is 2.20. The van der Waals surface area contributed by atoms with E-state index in [4.69, 9.17) is 4.18 Å². The lowest BCUT2D eigenvalue weighted by molar-refractivity contribution is 0.408. The van der Waals surface area contributed by atoms with Crippen LogP contribution in [0.4, 0.5) is 0 Å². The molecule has 1 nitrogen and oxygen atoms in total. The van der Waals surface area contributed by atoms with Gasteiger partial charge in [0, 0.05) is 5.75 Å². The maximum absolute atomic E-state index is 4.95. The van der Waals surface area contributed by atoms with Gasteiger partial charge in [0.05, 0.1) is 17.7 Å². The van der Waals surface area contributed by atoms with Crippen LogP contribution in [0.5, 0.6) is 0 Å². The van der Waals surface area contributed by atoms with E-state index in [1.54, 1.807) is 10.8 Å². The van der Waals surface area contributed by atoms with Gasteiger partial charge in [0.2, 0.25) is 0 Å². The number of hydrogen-bond acceptors (Lipinski definition) is 3. The molecular formula is C4H10OS2. The molecule has 0 atom stereocenters. The minimum absolute atomic E-state index is 0.803. The third kappa shape index (κ3) is 6.66. The van der Waals surface area contributed by atoms with Crippen molar-refractivity contribution in [2.45, 2.75) is 13.8 Å². The van der Waals surface area contributed by atoms with Crippen LogP contribution in [0.2, 0.25) is 0 Å². The molecule has 3 heteroatoms. The van der Waals surface area contributed by atoms with Crippen LogP contribution >= 0.6 is 21.9 Å². The van der Waals surface area contributed by atoms with Gasteiger partial charge in [0.1, 0.15) is 0 Å². The van der Waals surface area contributed by atoms with Crippen LogP contribution in [-0.2, 0) is 4.18 Å². The van der Waals surface area contributed by atoms with Crippen molar-refractivity contribution in [1.29, 1.82) is 0 Å². The SMILES string of the molecule is CCOSSCC. The number of hydrogen-bond donors (Lipinski definition) is 0. The van der Waals surface area contributed by atoms with Crippen molar-refractivity contribution in [2.24, 2.45) is 0 Å². The molecule has 0 aliphatic rings. The van der Waals surface area contributed by atoms with E-state index in [1.165, 1.54) is 11.1 Å². The summed E-state index contributed by atoms with van der Waals surface area (Å²) in [6.07, 6.45) is 0. The Balaban J connectivity index is 2.45. The molecule has 0 fully saturated rings. The average molecular weight is 138 g/mol. The van der Waals surface area contributed by atoms with Gasteiger partial charge in [-0.2, -0.15) is 0 Å². The molecule has 0 aliphatic heterocycles. The predicted molar refractivity (Wildman–Crippen MR) is 37.3 cm³/mol. The second-order valence-corrected chi connectivity index (χ2v) is 3.18. The van der Waals surface area contributed by atoms with Gasteiger partial charge < -0.3 is 4.18 Å². The van der Waals surface area contributed by atoms with Crippen molar-refractivity contribution in [3.63, 3.8) is 0 Å². The zero-order valence-electron chi connectivity index (χ0n) is 4.64. The molecule has 0 saturated carbocycles. The van der Waals surface area contributed by atoms with Crippen LogP contribution < -0.4 is 0 Å². The van der Waals surface area contributed by atoms with Crippen molar-refractivity contribution in [2.75, 3.05) is 12.4 Å². The maximum atomic E-state index is 4.95. The van der Waals surface area contributed by atoms with E-state index in [-0.39, 0.29) is 0 Å². The van der Waals surface area contributed by atoms with E-state index in [0.717, 1.165) is 12.4 Å². The van der Waals surface area contributed by atoms with Gasteiger partial charge in [-0.3, -0.25) is 0 Å². The second kappa shape index (κ2) is 6.66. The highest BCUT2D eigenvalue weighted by molar-refractivity contribution is 8.74. The Hall–Kier alpha value is 0.660. The van der Waals surface area contributed by atoms with Crippen LogP contribution in [0.1, 0.15) is 13.8 Å². The Bertz CT molecular complexity index is 28.9. The summed E-state index contributed by atoms with van der Waals surface area (Å²) in [6.45, 7) is 4.90. The highest BCUT2D eigenvalue weighted by atomic mass is 33.1. The molecular weight excluding hydrogens is 128 g/mol. The molecule has 0 amide bonds. The summed E-state index contributed by atoms with van der Waals surface area (Å²) < 4.78 is 4.95. The fourth-order valence-corrected chi connectivity index (χ4v) is 1.17. The highest BCUT2D eigenvalue weighted by Gasteiger charge is 1.80. The van der Waals surface area contributed by atoms with Gasteiger partial charge in [-0.25, -0.2) is 0 Å². The molecule has 0 aliphatic carbocycles.